The number of piperazine rings is 1. The molecule has 0 atom stereocenters. The lowest BCUT2D eigenvalue weighted by atomic mass is 10.1. The first-order valence-electron chi connectivity index (χ1n) is 11.9. The Kier molecular flexibility index (Phi) is 6.66. The van der Waals surface area contributed by atoms with E-state index in [-0.39, 0.29) is 10.8 Å². The zero-order valence-corrected chi connectivity index (χ0v) is 21.4. The van der Waals surface area contributed by atoms with Crippen LogP contribution in [0.25, 0.3) is 10.9 Å². The topological polar surface area (TPSA) is 105 Å². The Morgan fingerprint density at radius 1 is 0.946 bits per heavy atom. The molecule has 0 radical (unpaired) electrons. The zero-order chi connectivity index (χ0) is 26.0. The molecular formula is C27H27N5O4S. The second-order valence-electron chi connectivity index (χ2n) is 8.78. The van der Waals surface area contributed by atoms with Gasteiger partial charge in [-0.15, -0.1) is 0 Å². The summed E-state index contributed by atoms with van der Waals surface area (Å²) in [5.41, 5.74) is 2.90. The van der Waals surface area contributed by atoms with Crippen molar-refractivity contribution >= 4 is 38.2 Å². The molecule has 190 valence electrons. The van der Waals surface area contributed by atoms with E-state index in [9.17, 15) is 13.2 Å². The number of ether oxygens (including phenoxy) is 1. The number of methoxy groups -OCH3 is 1. The van der Waals surface area contributed by atoms with Crippen LogP contribution in [0.15, 0.2) is 78.0 Å². The first-order valence-corrected chi connectivity index (χ1v) is 13.4. The maximum Gasteiger partial charge on any atom is 0.264 e. The third kappa shape index (κ3) is 4.92. The molecule has 2 aromatic carbocycles. The number of nitrogens with zero attached hydrogens (tertiary/aromatic N) is 4. The van der Waals surface area contributed by atoms with Gasteiger partial charge in [0.05, 0.1) is 24.0 Å². The Bertz CT molecular complexity index is 1560. The molecule has 0 spiro atoms. The van der Waals surface area contributed by atoms with Gasteiger partial charge in [0.25, 0.3) is 15.9 Å². The van der Waals surface area contributed by atoms with Gasteiger partial charge in [0.2, 0.25) is 5.88 Å². The smallest absolute Gasteiger partial charge is 0.264 e. The van der Waals surface area contributed by atoms with Gasteiger partial charge in [0.1, 0.15) is 4.90 Å². The molecule has 4 aromatic rings. The molecule has 3 heterocycles. The van der Waals surface area contributed by atoms with Crippen LogP contribution in [0.3, 0.4) is 0 Å². The summed E-state index contributed by atoms with van der Waals surface area (Å²) in [6.07, 6.45) is 3.26. The van der Waals surface area contributed by atoms with Crippen LogP contribution < -0.4 is 14.4 Å². The van der Waals surface area contributed by atoms with Crippen molar-refractivity contribution in [2.75, 3.05) is 42.9 Å². The van der Waals surface area contributed by atoms with Crippen molar-refractivity contribution in [1.29, 1.82) is 0 Å². The number of hydrogen-bond acceptors (Lipinski definition) is 7. The molecule has 1 N–H and O–H groups in total. The van der Waals surface area contributed by atoms with Gasteiger partial charge in [-0.2, -0.15) is 0 Å². The number of pyridine rings is 2. The number of rotatable bonds is 6. The molecule has 9 nitrogen and oxygen atoms in total. The molecule has 0 aliphatic carbocycles. The Morgan fingerprint density at radius 2 is 1.68 bits per heavy atom. The van der Waals surface area contributed by atoms with Crippen LogP contribution >= 0.6 is 0 Å². The minimum Gasteiger partial charge on any atom is -0.480 e. The second-order valence-corrected chi connectivity index (χ2v) is 10.4. The zero-order valence-electron chi connectivity index (χ0n) is 20.6. The maximum absolute atomic E-state index is 13.2. The number of hydrogen-bond donors (Lipinski definition) is 1. The van der Waals surface area contributed by atoms with E-state index in [0.717, 1.165) is 11.1 Å². The third-order valence-corrected chi connectivity index (χ3v) is 7.85. The molecule has 1 amide bonds. The van der Waals surface area contributed by atoms with Crippen molar-refractivity contribution in [1.82, 2.24) is 14.9 Å². The fraction of sp³-hybridized carbons (Fsp3) is 0.222. The highest BCUT2D eigenvalue weighted by Gasteiger charge is 2.25. The van der Waals surface area contributed by atoms with E-state index in [4.69, 9.17) is 4.74 Å². The number of nitrogens with one attached hydrogen (secondary N) is 1. The van der Waals surface area contributed by atoms with E-state index in [2.05, 4.69) is 19.6 Å². The van der Waals surface area contributed by atoms with Gasteiger partial charge in [-0.25, -0.2) is 13.4 Å². The van der Waals surface area contributed by atoms with Crippen LogP contribution in [0.2, 0.25) is 0 Å². The lowest BCUT2D eigenvalue weighted by Crippen LogP contribution is -2.49. The molecule has 1 aliphatic rings. The number of benzene rings is 2. The summed E-state index contributed by atoms with van der Waals surface area (Å²) >= 11 is 0. The lowest BCUT2D eigenvalue weighted by Gasteiger charge is -2.36. The largest absolute Gasteiger partial charge is 0.480 e. The van der Waals surface area contributed by atoms with Crippen molar-refractivity contribution in [2.45, 2.75) is 11.8 Å². The molecule has 1 saturated heterocycles. The van der Waals surface area contributed by atoms with Gasteiger partial charge in [0.15, 0.2) is 0 Å². The maximum atomic E-state index is 13.2. The number of sulfonamides is 1. The number of carbonyl (C=O) groups is 1. The number of carbonyl (C=O) groups excluding carboxylic acids is 1. The van der Waals surface area contributed by atoms with Crippen LogP contribution in [0.5, 0.6) is 5.88 Å². The van der Waals surface area contributed by atoms with Crippen LogP contribution in [0.1, 0.15) is 15.9 Å². The monoisotopic (exact) mass is 517 g/mol. The highest BCUT2D eigenvalue weighted by Crippen LogP contribution is 2.28. The van der Waals surface area contributed by atoms with Gasteiger partial charge in [0, 0.05) is 49.5 Å². The van der Waals surface area contributed by atoms with Crippen LogP contribution in [-0.4, -0.2) is 62.5 Å². The van der Waals surface area contributed by atoms with E-state index in [1.54, 1.807) is 61.7 Å². The second kappa shape index (κ2) is 10.1. The number of aryl methyl sites for hydroxylation is 1. The van der Waals surface area contributed by atoms with Crippen molar-refractivity contribution < 1.29 is 17.9 Å². The molecule has 1 fully saturated rings. The predicted molar refractivity (Wildman–Crippen MR) is 143 cm³/mol. The van der Waals surface area contributed by atoms with Gasteiger partial charge in [-0.05, 0) is 55.0 Å². The Labute approximate surface area is 215 Å². The van der Waals surface area contributed by atoms with Crippen molar-refractivity contribution in [3.05, 3.63) is 84.2 Å². The SMILES string of the molecule is COc1ncccc1N1CCN(C(=O)c2ccc(NS(=O)(=O)c3cccc4cccnc34)c(C)c2)CC1. The lowest BCUT2D eigenvalue weighted by molar-refractivity contribution is 0.0746. The molecule has 5 rings (SSSR count). The van der Waals surface area contributed by atoms with Crippen LogP contribution in [0, 0.1) is 6.92 Å². The normalized spacial score (nSPS) is 14.0. The van der Waals surface area contributed by atoms with E-state index >= 15 is 0 Å². The van der Waals surface area contributed by atoms with Gasteiger partial charge in [-0.1, -0.05) is 18.2 Å². The van der Waals surface area contributed by atoms with Gasteiger partial charge < -0.3 is 14.5 Å². The fourth-order valence-corrected chi connectivity index (χ4v) is 5.83. The molecule has 0 bridgehead atoms. The summed E-state index contributed by atoms with van der Waals surface area (Å²) in [4.78, 5) is 25.8. The Balaban J connectivity index is 1.29. The van der Waals surface area contributed by atoms with Crippen LogP contribution in [-0.2, 0) is 10.0 Å². The molecule has 0 unspecified atom stereocenters. The standard InChI is InChI=1S/C27H27N5O4S/c1-19-18-21(27(33)32-16-14-31(15-17-32)23-8-5-13-29-26(23)36-2)10-11-22(19)30-37(34,35)24-9-3-6-20-7-4-12-28-25(20)24/h3-13,18,30H,14-17H2,1-2H3. The van der Waals surface area contributed by atoms with Crippen molar-refractivity contribution in [3.8, 4) is 5.88 Å². The third-order valence-electron chi connectivity index (χ3n) is 6.45. The first kappa shape index (κ1) is 24.5. The van der Waals surface area contributed by atoms with E-state index in [0.29, 0.717) is 54.4 Å². The summed E-state index contributed by atoms with van der Waals surface area (Å²) in [5, 5.41) is 0.741. The molecule has 37 heavy (non-hydrogen) atoms. The van der Waals surface area contributed by atoms with E-state index in [1.165, 1.54) is 6.07 Å². The van der Waals surface area contributed by atoms with Crippen LogP contribution in [0.4, 0.5) is 11.4 Å². The molecule has 2 aromatic heterocycles. The molecular weight excluding hydrogens is 490 g/mol. The summed E-state index contributed by atoms with van der Waals surface area (Å²) in [5.74, 6) is 0.476. The predicted octanol–water partition coefficient (Wildman–Crippen LogP) is 3.71. The molecule has 1 aliphatic heterocycles. The Hall–Kier alpha value is -4.18. The summed E-state index contributed by atoms with van der Waals surface area (Å²) < 4.78 is 34.4. The van der Waals surface area contributed by atoms with E-state index < -0.39 is 10.0 Å². The average molecular weight is 518 g/mol. The fourth-order valence-electron chi connectivity index (χ4n) is 4.52. The van der Waals surface area contributed by atoms with Crippen molar-refractivity contribution in [2.24, 2.45) is 0 Å². The number of para-hydroxylation sites is 1. The minimum atomic E-state index is -3.88. The summed E-state index contributed by atoms with van der Waals surface area (Å²) in [6, 6.07) is 17.5. The Morgan fingerprint density at radius 3 is 2.43 bits per heavy atom. The van der Waals surface area contributed by atoms with Gasteiger partial charge in [-0.3, -0.25) is 14.5 Å². The first-order chi connectivity index (χ1) is 17.9. The molecule has 10 heteroatoms. The van der Waals surface area contributed by atoms with Gasteiger partial charge >= 0.3 is 0 Å². The number of fused-ring (bicyclic) bond motifs is 1. The number of amides is 1. The summed E-state index contributed by atoms with van der Waals surface area (Å²) in [6.45, 7) is 4.20. The summed E-state index contributed by atoms with van der Waals surface area (Å²) in [7, 11) is -2.29. The highest BCUT2D eigenvalue weighted by atomic mass is 32.2. The van der Waals surface area contributed by atoms with Crippen molar-refractivity contribution in [3.63, 3.8) is 0 Å². The number of aromatic nitrogens is 2. The minimum absolute atomic E-state index is 0.0893. The highest BCUT2D eigenvalue weighted by molar-refractivity contribution is 7.93. The van der Waals surface area contributed by atoms with E-state index in [1.807, 2.05) is 24.3 Å². The average Bonchev–Trinajstić information content (AvgIpc) is 2.93. The number of anilines is 2. The molecule has 0 saturated carbocycles. The quantitative estimate of drug-likeness (QED) is 0.416.